The molecule has 1 fully saturated rings. The predicted octanol–water partition coefficient (Wildman–Crippen LogP) is 2.96. The topological polar surface area (TPSA) is 85.1 Å². The molecule has 8 heteroatoms. The van der Waals surface area contributed by atoms with Gasteiger partial charge in [0, 0.05) is 20.1 Å². The Hall–Kier alpha value is -3.81. The molecule has 1 aliphatic heterocycles. The number of imidazole rings is 1. The lowest BCUT2D eigenvalue weighted by atomic mass is 9.90. The highest BCUT2D eigenvalue weighted by atomic mass is 16.5. The molecule has 1 saturated heterocycles. The van der Waals surface area contributed by atoms with Crippen molar-refractivity contribution in [3.05, 3.63) is 87.1 Å². The third-order valence-corrected chi connectivity index (χ3v) is 6.58. The highest BCUT2D eigenvalue weighted by Gasteiger charge is 2.26. The number of hydrogen-bond donors (Lipinski definition) is 1. The first-order chi connectivity index (χ1) is 16.6. The molecule has 8 nitrogen and oxygen atoms in total. The Morgan fingerprint density at radius 3 is 2.38 bits per heavy atom. The van der Waals surface area contributed by atoms with Gasteiger partial charge in [0.25, 0.3) is 5.56 Å². The molecule has 2 aromatic carbocycles. The number of piperidine rings is 1. The van der Waals surface area contributed by atoms with Gasteiger partial charge < -0.3 is 14.2 Å². The second-order valence-corrected chi connectivity index (χ2v) is 8.84. The van der Waals surface area contributed by atoms with Crippen LogP contribution in [-0.4, -0.2) is 38.8 Å². The number of anilines is 1. The molecule has 0 radical (unpaired) electrons. The molecule has 0 unspecified atom stereocenters. The first kappa shape index (κ1) is 22.0. The number of ether oxygens (including phenoxy) is 1. The van der Waals surface area contributed by atoms with Crippen LogP contribution < -0.4 is 20.9 Å². The summed E-state index contributed by atoms with van der Waals surface area (Å²) in [7, 11) is 1.63. The van der Waals surface area contributed by atoms with Crippen molar-refractivity contribution in [1.82, 2.24) is 19.1 Å². The van der Waals surface area contributed by atoms with E-state index in [9.17, 15) is 9.59 Å². The van der Waals surface area contributed by atoms with E-state index in [1.54, 1.807) is 7.05 Å². The molecule has 0 spiro atoms. The number of nitrogens with one attached hydrogen (secondary N) is 1. The van der Waals surface area contributed by atoms with E-state index in [0.717, 1.165) is 44.0 Å². The average Bonchev–Trinajstić information content (AvgIpc) is 3.25. The first-order valence-corrected chi connectivity index (χ1v) is 11.8. The highest BCUT2D eigenvalue weighted by Crippen LogP contribution is 2.27. The van der Waals surface area contributed by atoms with Crippen molar-refractivity contribution in [3.8, 4) is 5.75 Å². The minimum Gasteiger partial charge on any atom is -0.492 e. The summed E-state index contributed by atoms with van der Waals surface area (Å²) in [5, 5.41) is 0. The number of aromatic nitrogens is 4. The van der Waals surface area contributed by atoms with Crippen LogP contribution in [-0.2, 0) is 20.0 Å². The summed E-state index contributed by atoms with van der Waals surface area (Å²) in [5.74, 6) is 2.11. The number of nitrogens with zero attached hydrogens (tertiary/aromatic N) is 4. The van der Waals surface area contributed by atoms with Crippen LogP contribution in [0.4, 0.5) is 5.95 Å². The van der Waals surface area contributed by atoms with Gasteiger partial charge in [-0.2, -0.15) is 4.98 Å². The number of para-hydroxylation sites is 1. The zero-order valence-electron chi connectivity index (χ0n) is 19.3. The van der Waals surface area contributed by atoms with Crippen molar-refractivity contribution < 1.29 is 4.74 Å². The van der Waals surface area contributed by atoms with Crippen LogP contribution in [0, 0.1) is 5.92 Å². The number of benzene rings is 2. The fraction of sp³-hybridized carbons (Fsp3) is 0.346. The number of hydrogen-bond acceptors (Lipinski definition) is 5. The fourth-order valence-corrected chi connectivity index (χ4v) is 4.73. The van der Waals surface area contributed by atoms with Gasteiger partial charge in [0.2, 0.25) is 5.95 Å². The van der Waals surface area contributed by atoms with Crippen molar-refractivity contribution in [1.29, 1.82) is 0 Å². The molecular formula is C26H29N5O3. The zero-order chi connectivity index (χ0) is 23.5. The molecule has 2 aromatic heterocycles. The second-order valence-electron chi connectivity index (χ2n) is 8.84. The van der Waals surface area contributed by atoms with Gasteiger partial charge in [-0.3, -0.25) is 14.3 Å². The van der Waals surface area contributed by atoms with Crippen molar-refractivity contribution in [2.24, 2.45) is 13.0 Å². The van der Waals surface area contributed by atoms with Crippen molar-refractivity contribution in [2.45, 2.75) is 25.8 Å². The van der Waals surface area contributed by atoms with Crippen molar-refractivity contribution in [2.75, 3.05) is 24.6 Å². The van der Waals surface area contributed by atoms with Gasteiger partial charge in [-0.25, -0.2) is 4.79 Å². The van der Waals surface area contributed by atoms with E-state index in [-0.39, 0.29) is 0 Å². The van der Waals surface area contributed by atoms with E-state index in [1.165, 1.54) is 10.1 Å². The Bertz CT molecular complexity index is 1370. The summed E-state index contributed by atoms with van der Waals surface area (Å²) >= 11 is 0. The largest absolute Gasteiger partial charge is 0.492 e. The smallest absolute Gasteiger partial charge is 0.329 e. The molecule has 0 bridgehead atoms. The van der Waals surface area contributed by atoms with Crippen LogP contribution in [0.5, 0.6) is 5.75 Å². The molecule has 5 rings (SSSR count). The molecule has 34 heavy (non-hydrogen) atoms. The van der Waals surface area contributed by atoms with Crippen molar-refractivity contribution in [3.63, 3.8) is 0 Å². The maximum Gasteiger partial charge on any atom is 0.329 e. The van der Waals surface area contributed by atoms with E-state index in [4.69, 9.17) is 9.72 Å². The lowest BCUT2D eigenvalue weighted by molar-refractivity contribution is 0.299. The number of aryl methyl sites for hydroxylation is 1. The minimum atomic E-state index is -0.462. The Morgan fingerprint density at radius 2 is 1.68 bits per heavy atom. The second kappa shape index (κ2) is 9.59. The summed E-state index contributed by atoms with van der Waals surface area (Å²) in [5.41, 5.74) is 1.29. The van der Waals surface area contributed by atoms with Crippen LogP contribution in [0.25, 0.3) is 11.2 Å². The molecule has 0 saturated carbocycles. The molecular weight excluding hydrogens is 430 g/mol. The summed E-state index contributed by atoms with van der Waals surface area (Å²) in [6.45, 7) is 2.54. The maximum atomic E-state index is 12.8. The summed E-state index contributed by atoms with van der Waals surface area (Å²) < 4.78 is 9.20. The van der Waals surface area contributed by atoms with Crippen molar-refractivity contribution >= 4 is 17.1 Å². The quantitative estimate of drug-likeness (QED) is 0.459. The molecule has 4 aromatic rings. The van der Waals surface area contributed by atoms with Crippen LogP contribution in [0.3, 0.4) is 0 Å². The first-order valence-electron chi connectivity index (χ1n) is 11.8. The Balaban J connectivity index is 1.39. The Kier molecular flexibility index (Phi) is 6.20. The summed E-state index contributed by atoms with van der Waals surface area (Å²) in [6, 6.07) is 20.2. The van der Waals surface area contributed by atoms with E-state index in [1.807, 2.05) is 41.0 Å². The molecule has 0 aliphatic carbocycles. The van der Waals surface area contributed by atoms with Crippen LogP contribution >= 0.6 is 0 Å². The molecule has 0 amide bonds. The third-order valence-electron chi connectivity index (χ3n) is 6.58. The van der Waals surface area contributed by atoms with Gasteiger partial charge in [-0.05, 0) is 42.9 Å². The molecule has 176 valence electrons. The summed E-state index contributed by atoms with van der Waals surface area (Å²) in [4.78, 5) is 34.4. The van der Waals surface area contributed by atoms with E-state index in [2.05, 4.69) is 34.1 Å². The van der Waals surface area contributed by atoms with Crippen LogP contribution in [0.1, 0.15) is 18.4 Å². The number of rotatable bonds is 7. The zero-order valence-corrected chi connectivity index (χ0v) is 19.3. The molecule has 1 N–H and O–H groups in total. The molecule has 0 atom stereocenters. The van der Waals surface area contributed by atoms with Gasteiger partial charge in [0.05, 0.1) is 6.54 Å². The van der Waals surface area contributed by atoms with Crippen LogP contribution in [0.2, 0.25) is 0 Å². The lowest BCUT2D eigenvalue weighted by Crippen LogP contribution is -2.36. The normalized spacial score (nSPS) is 14.6. The Morgan fingerprint density at radius 1 is 1.00 bits per heavy atom. The lowest BCUT2D eigenvalue weighted by Gasteiger charge is -2.33. The van der Waals surface area contributed by atoms with Gasteiger partial charge in [-0.15, -0.1) is 0 Å². The number of H-pyrrole nitrogens is 1. The van der Waals surface area contributed by atoms with E-state index < -0.39 is 11.2 Å². The van der Waals surface area contributed by atoms with Gasteiger partial charge in [0.1, 0.15) is 12.4 Å². The van der Waals surface area contributed by atoms with Crippen LogP contribution in [0.15, 0.2) is 70.3 Å². The van der Waals surface area contributed by atoms with Gasteiger partial charge in [-0.1, -0.05) is 48.5 Å². The fourth-order valence-electron chi connectivity index (χ4n) is 4.73. The Labute approximate surface area is 197 Å². The third kappa shape index (κ3) is 4.48. The molecule has 1 aliphatic rings. The average molecular weight is 460 g/mol. The highest BCUT2D eigenvalue weighted by molar-refractivity contribution is 5.74. The number of aromatic amines is 1. The van der Waals surface area contributed by atoms with Gasteiger partial charge >= 0.3 is 5.69 Å². The summed E-state index contributed by atoms with van der Waals surface area (Å²) in [6.07, 6.45) is 3.17. The van der Waals surface area contributed by atoms with E-state index in [0.29, 0.717) is 30.2 Å². The predicted molar refractivity (Wildman–Crippen MR) is 133 cm³/mol. The molecule has 3 heterocycles. The van der Waals surface area contributed by atoms with E-state index >= 15 is 0 Å². The minimum absolute atomic E-state index is 0.384. The maximum absolute atomic E-state index is 12.8. The standard InChI is InChI=1S/C26H29N5O3/c1-29-23-22(24(32)28-26(29)33)31(16-17-34-21-10-6-3-7-11-21)25(27-23)30-14-12-20(13-15-30)18-19-8-4-2-5-9-19/h2-11,20H,12-18H2,1H3,(H,28,32,33). The number of fused-ring (bicyclic) bond motifs is 1. The monoisotopic (exact) mass is 459 g/mol. The SMILES string of the molecule is Cn1c(=O)[nH]c(=O)c2c1nc(N1CCC(Cc3ccccc3)CC1)n2CCOc1ccccc1. The van der Waals surface area contributed by atoms with Gasteiger partial charge in [0.15, 0.2) is 11.2 Å².